The molecular weight excluding hydrogens is 398 g/mol. The van der Waals surface area contributed by atoms with Crippen molar-refractivity contribution in [1.82, 2.24) is 9.47 Å². The van der Waals surface area contributed by atoms with Crippen LogP contribution in [0.25, 0.3) is 10.9 Å². The highest BCUT2D eigenvalue weighted by Gasteiger charge is 2.33. The van der Waals surface area contributed by atoms with Crippen LogP contribution in [0.2, 0.25) is 0 Å². The molecule has 0 spiro atoms. The quantitative estimate of drug-likeness (QED) is 0.436. The number of rotatable bonds is 5. The lowest BCUT2D eigenvalue weighted by Gasteiger charge is -2.36. The van der Waals surface area contributed by atoms with Crippen LogP contribution in [0.5, 0.6) is 5.75 Å². The molecule has 1 saturated carbocycles. The van der Waals surface area contributed by atoms with Gasteiger partial charge in [-0.2, -0.15) is 0 Å². The molecule has 0 atom stereocenters. The van der Waals surface area contributed by atoms with Crippen LogP contribution >= 0.6 is 0 Å². The monoisotopic (exact) mass is 420 g/mol. The number of hydrogen-bond donors (Lipinski definition) is 2. The summed E-state index contributed by atoms with van der Waals surface area (Å²) in [6.45, 7) is 6.37. The minimum atomic E-state index is -1.69. The van der Waals surface area contributed by atoms with E-state index in [1.54, 1.807) is 11.0 Å². The molecular formula is C20H22F2N4O4. The minimum Gasteiger partial charge on any atom is -0.449 e. The summed E-state index contributed by atoms with van der Waals surface area (Å²) in [5.74, 6) is -2.43. The van der Waals surface area contributed by atoms with Crippen LogP contribution in [0.1, 0.15) is 18.9 Å². The molecule has 0 bridgehead atoms. The van der Waals surface area contributed by atoms with Crippen molar-refractivity contribution in [1.29, 1.82) is 0 Å². The SMILES string of the molecule is C=CCN1CCN(c2c(F)c(N)c3c(=O)c(OC(=O)O)cn(C4CC4)c3c2F)CC1. The summed E-state index contributed by atoms with van der Waals surface area (Å²) in [5, 5.41) is 8.50. The van der Waals surface area contributed by atoms with Gasteiger partial charge in [0.15, 0.2) is 17.4 Å². The predicted molar refractivity (Wildman–Crippen MR) is 108 cm³/mol. The number of carbonyl (C=O) groups is 1. The molecule has 4 rings (SSSR count). The Hall–Kier alpha value is -3.14. The molecule has 2 heterocycles. The Kier molecular flexibility index (Phi) is 5.10. The standard InChI is InChI=1S/C20H22F2N4O4/c1-2-5-24-6-8-25(9-7-24)18-14(21)16(23)13-17(15(18)22)26(11-3-4-11)10-12(19(13)27)30-20(28)29/h2,10-11H,1,3-9,23H2,(H,28,29). The van der Waals surface area contributed by atoms with E-state index in [1.165, 1.54) is 10.8 Å². The van der Waals surface area contributed by atoms with E-state index in [1.807, 2.05) is 0 Å². The molecule has 160 valence electrons. The lowest BCUT2D eigenvalue weighted by molar-refractivity contribution is 0.143. The number of pyridine rings is 1. The number of piperazine rings is 1. The Morgan fingerprint density at radius 1 is 1.27 bits per heavy atom. The van der Waals surface area contributed by atoms with Gasteiger partial charge in [0.2, 0.25) is 5.43 Å². The first-order valence-corrected chi connectivity index (χ1v) is 9.67. The fourth-order valence-electron chi connectivity index (χ4n) is 3.95. The second kappa shape index (κ2) is 7.60. The van der Waals surface area contributed by atoms with E-state index in [2.05, 4.69) is 16.2 Å². The lowest BCUT2D eigenvalue weighted by Crippen LogP contribution is -2.47. The Labute approximate surface area is 170 Å². The van der Waals surface area contributed by atoms with E-state index in [9.17, 15) is 9.59 Å². The van der Waals surface area contributed by atoms with Crippen LogP contribution in [-0.4, -0.2) is 53.5 Å². The number of ether oxygens (including phenoxy) is 1. The van der Waals surface area contributed by atoms with Gasteiger partial charge in [-0.15, -0.1) is 6.58 Å². The number of benzene rings is 1. The van der Waals surface area contributed by atoms with Gasteiger partial charge in [0, 0.05) is 38.8 Å². The highest BCUT2D eigenvalue weighted by Crippen LogP contribution is 2.42. The second-order valence-corrected chi connectivity index (χ2v) is 7.52. The molecule has 0 amide bonds. The zero-order valence-electron chi connectivity index (χ0n) is 16.2. The molecule has 2 fully saturated rings. The maximum absolute atomic E-state index is 15.7. The largest absolute Gasteiger partial charge is 0.511 e. The van der Waals surface area contributed by atoms with Crippen molar-refractivity contribution in [3.63, 3.8) is 0 Å². The van der Waals surface area contributed by atoms with Crippen LogP contribution < -0.4 is 20.8 Å². The predicted octanol–water partition coefficient (Wildman–Crippen LogP) is 2.56. The lowest BCUT2D eigenvalue weighted by atomic mass is 10.1. The summed E-state index contributed by atoms with van der Waals surface area (Å²) in [7, 11) is 0. The highest BCUT2D eigenvalue weighted by molar-refractivity contribution is 5.96. The summed E-state index contributed by atoms with van der Waals surface area (Å²) in [6, 6.07) is -0.138. The van der Waals surface area contributed by atoms with Gasteiger partial charge in [-0.1, -0.05) is 6.08 Å². The first kappa shape index (κ1) is 20.1. The third-order valence-electron chi connectivity index (χ3n) is 5.55. The summed E-state index contributed by atoms with van der Waals surface area (Å²) in [5.41, 5.74) is 4.10. The van der Waals surface area contributed by atoms with E-state index >= 15 is 8.78 Å². The van der Waals surface area contributed by atoms with Crippen molar-refractivity contribution in [3.05, 3.63) is 40.7 Å². The molecule has 3 N–H and O–H groups in total. The molecule has 0 unspecified atom stereocenters. The Balaban J connectivity index is 1.89. The van der Waals surface area contributed by atoms with Gasteiger partial charge in [-0.05, 0) is 12.8 Å². The number of anilines is 2. The minimum absolute atomic E-state index is 0.123. The Morgan fingerprint density at radius 3 is 2.50 bits per heavy atom. The van der Waals surface area contributed by atoms with E-state index in [0.717, 1.165) is 12.8 Å². The second-order valence-electron chi connectivity index (χ2n) is 7.52. The van der Waals surface area contributed by atoms with Crippen molar-refractivity contribution >= 4 is 28.4 Å². The first-order valence-electron chi connectivity index (χ1n) is 9.67. The third kappa shape index (κ3) is 3.36. The van der Waals surface area contributed by atoms with E-state index in [4.69, 9.17) is 10.8 Å². The van der Waals surface area contributed by atoms with E-state index in [-0.39, 0.29) is 17.2 Å². The molecule has 1 saturated heterocycles. The average molecular weight is 420 g/mol. The number of nitrogens with zero attached hydrogens (tertiary/aromatic N) is 3. The van der Waals surface area contributed by atoms with Crippen LogP contribution in [0, 0.1) is 11.6 Å². The molecule has 1 aliphatic carbocycles. The van der Waals surface area contributed by atoms with Crippen LogP contribution in [-0.2, 0) is 0 Å². The van der Waals surface area contributed by atoms with Crippen molar-refractivity contribution < 1.29 is 23.4 Å². The van der Waals surface area contributed by atoms with Crippen LogP contribution in [0.15, 0.2) is 23.6 Å². The first-order chi connectivity index (χ1) is 14.3. The van der Waals surface area contributed by atoms with E-state index in [0.29, 0.717) is 32.7 Å². The summed E-state index contributed by atoms with van der Waals surface area (Å²) < 4.78 is 36.9. The third-order valence-corrected chi connectivity index (χ3v) is 5.55. The Morgan fingerprint density at radius 2 is 1.93 bits per heavy atom. The van der Waals surface area contributed by atoms with Gasteiger partial charge < -0.3 is 25.0 Å². The molecule has 2 aromatic rings. The normalized spacial score (nSPS) is 17.3. The molecule has 10 heteroatoms. The number of nitrogens with two attached hydrogens (primary N) is 1. The Bertz CT molecular complexity index is 1090. The number of carboxylic acid groups (broad SMARTS) is 1. The van der Waals surface area contributed by atoms with Crippen molar-refractivity contribution in [3.8, 4) is 5.75 Å². The summed E-state index contributed by atoms with van der Waals surface area (Å²) >= 11 is 0. The van der Waals surface area contributed by atoms with Crippen molar-refractivity contribution in [2.24, 2.45) is 0 Å². The van der Waals surface area contributed by atoms with Gasteiger partial charge in [0.1, 0.15) is 5.69 Å². The van der Waals surface area contributed by atoms with E-state index < -0.39 is 40.0 Å². The van der Waals surface area contributed by atoms with Gasteiger partial charge >= 0.3 is 6.16 Å². The smallest absolute Gasteiger partial charge is 0.449 e. The molecule has 1 aromatic heterocycles. The maximum atomic E-state index is 15.7. The van der Waals surface area contributed by atoms with Gasteiger partial charge in [-0.3, -0.25) is 9.69 Å². The summed E-state index contributed by atoms with van der Waals surface area (Å²) in [4.78, 5) is 27.4. The summed E-state index contributed by atoms with van der Waals surface area (Å²) in [6.07, 6.45) is 2.69. The number of fused-ring (bicyclic) bond motifs is 1. The molecule has 1 aromatic carbocycles. The van der Waals surface area contributed by atoms with Crippen molar-refractivity contribution in [2.45, 2.75) is 18.9 Å². The maximum Gasteiger partial charge on any atom is 0.511 e. The molecule has 2 aliphatic rings. The fourth-order valence-corrected chi connectivity index (χ4v) is 3.95. The molecule has 30 heavy (non-hydrogen) atoms. The van der Waals surface area contributed by atoms with Gasteiger partial charge in [-0.25, -0.2) is 13.6 Å². The van der Waals surface area contributed by atoms with Crippen LogP contribution in [0.3, 0.4) is 0 Å². The number of nitrogen functional groups attached to an aromatic ring is 1. The topological polar surface area (TPSA) is 101 Å². The number of hydrogen-bond acceptors (Lipinski definition) is 6. The zero-order valence-corrected chi connectivity index (χ0v) is 16.2. The molecule has 8 nitrogen and oxygen atoms in total. The van der Waals surface area contributed by atoms with Gasteiger partial charge in [0.05, 0.1) is 22.8 Å². The average Bonchev–Trinajstić information content (AvgIpc) is 3.54. The number of aromatic nitrogens is 1. The molecule has 1 aliphatic heterocycles. The molecule has 0 radical (unpaired) electrons. The highest BCUT2D eigenvalue weighted by atomic mass is 19.1. The number of halogens is 2. The van der Waals surface area contributed by atoms with Crippen LogP contribution in [0.4, 0.5) is 25.0 Å². The fraction of sp³-hybridized carbons (Fsp3) is 0.400. The van der Waals surface area contributed by atoms with Gasteiger partial charge in [0.25, 0.3) is 0 Å². The van der Waals surface area contributed by atoms with Crippen molar-refractivity contribution in [2.75, 3.05) is 43.4 Å². The zero-order chi connectivity index (χ0) is 21.6.